The Bertz CT molecular complexity index is 1170. The van der Waals surface area contributed by atoms with Crippen LogP contribution in [0.5, 0.6) is 0 Å². The lowest BCUT2D eigenvalue weighted by Crippen LogP contribution is -2.45. The maximum Gasteiger partial charge on any atom is 0.326 e. The quantitative estimate of drug-likeness (QED) is 0.457. The molecule has 1 saturated heterocycles. The van der Waals surface area contributed by atoms with E-state index in [0.717, 1.165) is 21.7 Å². The van der Waals surface area contributed by atoms with E-state index in [1.807, 2.05) is 78.9 Å². The Kier molecular flexibility index (Phi) is 6.74. The fourth-order valence-electron chi connectivity index (χ4n) is 4.67. The average Bonchev–Trinajstić information content (AvgIpc) is 3.10. The van der Waals surface area contributed by atoms with Gasteiger partial charge in [0.25, 0.3) is 5.91 Å². The van der Waals surface area contributed by atoms with E-state index in [0.29, 0.717) is 11.1 Å². The van der Waals surface area contributed by atoms with Crippen LogP contribution in [0.4, 0.5) is 10.5 Å². The van der Waals surface area contributed by atoms with Crippen LogP contribution in [0.1, 0.15) is 61.8 Å². The number of rotatable bonds is 7. The van der Waals surface area contributed by atoms with Crippen molar-refractivity contribution >= 4 is 23.5 Å². The summed E-state index contributed by atoms with van der Waals surface area (Å²) in [6, 6.07) is 23.6. The Balaban J connectivity index is 1.66. The van der Waals surface area contributed by atoms with Gasteiger partial charge in [0.1, 0.15) is 6.54 Å². The average molecular weight is 470 g/mol. The molecule has 0 saturated carbocycles. The van der Waals surface area contributed by atoms with Crippen LogP contribution in [0.2, 0.25) is 0 Å². The van der Waals surface area contributed by atoms with Crippen molar-refractivity contribution in [2.24, 2.45) is 0 Å². The van der Waals surface area contributed by atoms with Crippen molar-refractivity contribution in [3.8, 4) is 0 Å². The lowest BCUT2D eigenvalue weighted by atomic mass is 9.82. The maximum absolute atomic E-state index is 13.8. The van der Waals surface area contributed by atoms with Gasteiger partial charge in [-0.05, 0) is 34.1 Å². The molecule has 4 amide bonds. The molecule has 180 valence electrons. The Morgan fingerprint density at radius 3 is 1.74 bits per heavy atom. The number of urea groups is 1. The number of amides is 4. The van der Waals surface area contributed by atoms with Crippen molar-refractivity contribution in [2.75, 3.05) is 11.9 Å². The minimum atomic E-state index is -1.39. The second-order valence-corrected chi connectivity index (χ2v) is 9.47. The first-order chi connectivity index (χ1) is 16.8. The first-order valence-electron chi connectivity index (χ1n) is 11.9. The Morgan fingerprint density at radius 1 is 0.800 bits per heavy atom. The van der Waals surface area contributed by atoms with Gasteiger partial charge in [-0.15, -0.1) is 0 Å². The molecule has 4 rings (SSSR count). The Labute approximate surface area is 206 Å². The molecule has 0 spiro atoms. The number of carbonyl (C=O) groups is 3. The van der Waals surface area contributed by atoms with Gasteiger partial charge in [0, 0.05) is 5.69 Å². The molecule has 3 aromatic carbocycles. The van der Waals surface area contributed by atoms with Crippen LogP contribution in [0, 0.1) is 0 Å². The fourth-order valence-corrected chi connectivity index (χ4v) is 4.67. The topological polar surface area (TPSA) is 78.5 Å². The maximum atomic E-state index is 13.8. The van der Waals surface area contributed by atoms with Gasteiger partial charge >= 0.3 is 6.03 Å². The monoisotopic (exact) mass is 469 g/mol. The number of carbonyl (C=O) groups excluding carboxylic acids is 3. The zero-order valence-electron chi connectivity index (χ0n) is 20.5. The van der Waals surface area contributed by atoms with Crippen molar-refractivity contribution < 1.29 is 14.4 Å². The summed E-state index contributed by atoms with van der Waals surface area (Å²) in [6.07, 6.45) is 0. The van der Waals surface area contributed by atoms with E-state index < -0.39 is 23.4 Å². The highest BCUT2D eigenvalue weighted by atomic mass is 16.2. The SMILES string of the molecule is CC(C)c1cccc(C(C)C)c1NC(=O)CN1C(=O)NC(c2ccccc2)(c2ccccc2)C1=O. The van der Waals surface area contributed by atoms with Crippen molar-refractivity contribution in [1.82, 2.24) is 10.2 Å². The first kappa shape index (κ1) is 24.2. The van der Waals surface area contributed by atoms with E-state index in [2.05, 4.69) is 38.3 Å². The second-order valence-electron chi connectivity index (χ2n) is 9.47. The molecule has 2 N–H and O–H groups in total. The van der Waals surface area contributed by atoms with Gasteiger partial charge in [-0.25, -0.2) is 4.79 Å². The van der Waals surface area contributed by atoms with Crippen molar-refractivity contribution in [3.63, 3.8) is 0 Å². The minimum Gasteiger partial charge on any atom is -0.324 e. The highest BCUT2D eigenvalue weighted by molar-refractivity contribution is 6.12. The molecule has 0 atom stereocenters. The van der Waals surface area contributed by atoms with E-state index >= 15 is 0 Å². The molecule has 1 aliphatic rings. The van der Waals surface area contributed by atoms with Crippen LogP contribution in [0.3, 0.4) is 0 Å². The Hall–Kier alpha value is -3.93. The predicted molar refractivity (Wildman–Crippen MR) is 137 cm³/mol. The van der Waals surface area contributed by atoms with Gasteiger partial charge in [0.2, 0.25) is 5.91 Å². The third kappa shape index (κ3) is 4.44. The number of hydrogen-bond acceptors (Lipinski definition) is 3. The molecule has 3 aromatic rings. The van der Waals surface area contributed by atoms with Crippen molar-refractivity contribution in [3.05, 3.63) is 101 Å². The van der Waals surface area contributed by atoms with E-state index in [1.54, 1.807) is 0 Å². The summed E-state index contributed by atoms with van der Waals surface area (Å²) in [4.78, 5) is 41.1. The molecular weight excluding hydrogens is 438 g/mol. The summed E-state index contributed by atoms with van der Waals surface area (Å²) < 4.78 is 0. The molecule has 0 bridgehead atoms. The third-order valence-corrected chi connectivity index (χ3v) is 6.46. The van der Waals surface area contributed by atoms with E-state index in [1.165, 1.54) is 0 Å². The molecule has 0 radical (unpaired) electrons. The number of imide groups is 1. The first-order valence-corrected chi connectivity index (χ1v) is 11.9. The van der Waals surface area contributed by atoms with Crippen LogP contribution in [0.25, 0.3) is 0 Å². The van der Waals surface area contributed by atoms with Crippen LogP contribution >= 0.6 is 0 Å². The highest BCUT2D eigenvalue weighted by Gasteiger charge is 2.54. The largest absolute Gasteiger partial charge is 0.326 e. The standard InChI is InChI=1S/C29H31N3O3/c1-19(2)23-16-11-17-24(20(3)4)26(23)30-25(33)18-32-27(34)29(31-28(32)35,21-12-7-5-8-13-21)22-14-9-6-10-15-22/h5-17,19-20H,18H2,1-4H3,(H,30,33)(H,31,35). The van der Waals surface area contributed by atoms with E-state index in [9.17, 15) is 14.4 Å². The molecule has 6 heteroatoms. The number of benzene rings is 3. The van der Waals surface area contributed by atoms with Crippen molar-refractivity contribution in [2.45, 2.75) is 45.1 Å². The van der Waals surface area contributed by atoms with Crippen LogP contribution in [-0.4, -0.2) is 29.3 Å². The van der Waals surface area contributed by atoms with E-state index in [-0.39, 0.29) is 18.4 Å². The highest BCUT2D eigenvalue weighted by Crippen LogP contribution is 2.36. The summed E-state index contributed by atoms with van der Waals surface area (Å²) in [5, 5.41) is 5.89. The van der Waals surface area contributed by atoms with Gasteiger partial charge in [-0.1, -0.05) is 107 Å². The zero-order chi connectivity index (χ0) is 25.2. The van der Waals surface area contributed by atoms with Crippen LogP contribution < -0.4 is 10.6 Å². The van der Waals surface area contributed by atoms with Crippen LogP contribution in [-0.2, 0) is 15.1 Å². The van der Waals surface area contributed by atoms with Crippen LogP contribution in [0.15, 0.2) is 78.9 Å². The molecular formula is C29H31N3O3. The third-order valence-electron chi connectivity index (χ3n) is 6.46. The van der Waals surface area contributed by atoms with Gasteiger partial charge in [0.05, 0.1) is 0 Å². The van der Waals surface area contributed by atoms with E-state index in [4.69, 9.17) is 0 Å². The fraction of sp³-hybridized carbons (Fsp3) is 0.276. The molecule has 6 nitrogen and oxygen atoms in total. The predicted octanol–water partition coefficient (Wildman–Crippen LogP) is 5.37. The number of para-hydroxylation sites is 1. The smallest absolute Gasteiger partial charge is 0.324 e. The normalized spacial score (nSPS) is 15.0. The zero-order valence-corrected chi connectivity index (χ0v) is 20.5. The molecule has 0 unspecified atom stereocenters. The summed E-state index contributed by atoms with van der Waals surface area (Å²) >= 11 is 0. The second kappa shape index (κ2) is 9.74. The molecule has 1 aliphatic heterocycles. The van der Waals surface area contributed by atoms with Crippen molar-refractivity contribution in [1.29, 1.82) is 0 Å². The molecule has 0 aromatic heterocycles. The lowest BCUT2D eigenvalue weighted by molar-refractivity contribution is -0.133. The lowest BCUT2D eigenvalue weighted by Gasteiger charge is -2.28. The van der Waals surface area contributed by atoms with Gasteiger partial charge < -0.3 is 10.6 Å². The molecule has 1 fully saturated rings. The van der Waals surface area contributed by atoms with Gasteiger partial charge in [0.15, 0.2) is 5.54 Å². The molecule has 1 heterocycles. The molecule has 35 heavy (non-hydrogen) atoms. The number of hydrogen-bond donors (Lipinski definition) is 2. The summed E-state index contributed by atoms with van der Waals surface area (Å²) in [5.74, 6) is -0.495. The summed E-state index contributed by atoms with van der Waals surface area (Å²) in [5.41, 5.74) is 2.68. The minimum absolute atomic E-state index is 0.199. The summed E-state index contributed by atoms with van der Waals surface area (Å²) in [7, 11) is 0. The number of anilines is 1. The molecule has 0 aliphatic carbocycles. The Morgan fingerprint density at radius 2 is 1.29 bits per heavy atom. The number of nitrogens with one attached hydrogen (secondary N) is 2. The summed E-state index contributed by atoms with van der Waals surface area (Å²) in [6.45, 7) is 7.90. The number of nitrogens with zero attached hydrogens (tertiary/aromatic N) is 1. The van der Waals surface area contributed by atoms with Gasteiger partial charge in [-0.3, -0.25) is 14.5 Å². The van der Waals surface area contributed by atoms with Gasteiger partial charge in [-0.2, -0.15) is 0 Å².